The van der Waals surface area contributed by atoms with Crippen molar-refractivity contribution >= 4 is 12.4 Å². The van der Waals surface area contributed by atoms with Crippen molar-refractivity contribution in [1.29, 1.82) is 0 Å². The summed E-state index contributed by atoms with van der Waals surface area (Å²) in [6, 6.07) is 0. The Morgan fingerprint density at radius 3 is 2.17 bits per heavy atom. The topological polar surface area (TPSA) is 20.2 Å². The molecule has 0 unspecified atom stereocenters. The maximum atomic E-state index is 8.00. The molecule has 0 atom stereocenters. The van der Waals surface area contributed by atoms with Crippen LogP contribution in [0.5, 0.6) is 0 Å². The quantitative estimate of drug-likeness (QED) is 0.523. The zero-order valence-electron chi connectivity index (χ0n) is 3.55. The maximum absolute atomic E-state index is 8.00. The average Bonchev–Trinajstić information content (AvgIpc) is 1.41. The van der Waals surface area contributed by atoms with E-state index in [0.717, 1.165) is 0 Å². The van der Waals surface area contributed by atoms with Gasteiger partial charge in [-0.25, -0.2) is 0 Å². The fourth-order valence-corrected chi connectivity index (χ4v) is 0.0913. The Balaban J connectivity index is 0. The van der Waals surface area contributed by atoms with E-state index in [1.54, 1.807) is 6.08 Å². The van der Waals surface area contributed by atoms with Gasteiger partial charge in [-0.1, -0.05) is 6.08 Å². The standard InChI is InChI=1S/C4H8O.ClH/c1-2-3-4-5;/h2,5H,1,3-4H2;1H. The second kappa shape index (κ2) is 8.89. The predicted octanol–water partition coefficient (Wildman–Crippen LogP) is 0.977. The summed E-state index contributed by atoms with van der Waals surface area (Å²) in [6.45, 7) is 3.62. The Kier molecular flexibility index (Phi) is 13.9. The minimum atomic E-state index is 0. The summed E-state index contributed by atoms with van der Waals surface area (Å²) in [4.78, 5) is 0. The molecule has 1 N–H and O–H groups in total. The smallest absolute Gasteiger partial charge is 0.0465 e. The summed E-state index contributed by atoms with van der Waals surface area (Å²) in [5.41, 5.74) is 0. The number of hydrogen-bond acceptors (Lipinski definition) is 1. The molecule has 1 nitrogen and oxygen atoms in total. The minimum Gasteiger partial charge on any atom is -0.396 e. The maximum Gasteiger partial charge on any atom is 0.0465 e. The number of aliphatic hydroxyl groups excluding tert-OH is 1. The molecule has 0 fully saturated rings. The summed E-state index contributed by atoms with van der Waals surface area (Å²) in [6.07, 6.45) is 2.39. The lowest BCUT2D eigenvalue weighted by Gasteiger charge is -1.73. The molecule has 0 aromatic carbocycles. The first-order valence-electron chi connectivity index (χ1n) is 1.63. The van der Waals surface area contributed by atoms with E-state index in [0.29, 0.717) is 6.42 Å². The first-order valence-corrected chi connectivity index (χ1v) is 1.63. The Hall–Kier alpha value is -0.0100. The molecule has 0 saturated heterocycles. The number of halogens is 1. The van der Waals surface area contributed by atoms with E-state index in [-0.39, 0.29) is 19.0 Å². The van der Waals surface area contributed by atoms with Crippen LogP contribution < -0.4 is 0 Å². The van der Waals surface area contributed by atoms with Gasteiger partial charge in [-0.3, -0.25) is 0 Å². The van der Waals surface area contributed by atoms with Gasteiger partial charge in [-0.05, 0) is 6.42 Å². The molecule has 0 bridgehead atoms. The van der Waals surface area contributed by atoms with E-state index in [1.165, 1.54) is 0 Å². The Bertz CT molecular complexity index is 28.7. The molecule has 38 valence electrons. The SMILES string of the molecule is C=CCCO.Cl. The van der Waals surface area contributed by atoms with Crippen molar-refractivity contribution in [3.8, 4) is 0 Å². The molecule has 2 heteroatoms. The van der Waals surface area contributed by atoms with Crippen LogP contribution in [0.3, 0.4) is 0 Å². The minimum absolute atomic E-state index is 0. The van der Waals surface area contributed by atoms with Gasteiger partial charge >= 0.3 is 0 Å². The monoisotopic (exact) mass is 108 g/mol. The van der Waals surface area contributed by atoms with Crippen molar-refractivity contribution in [1.82, 2.24) is 0 Å². The average molecular weight is 109 g/mol. The van der Waals surface area contributed by atoms with E-state index < -0.39 is 0 Å². The first-order chi connectivity index (χ1) is 2.41. The van der Waals surface area contributed by atoms with Crippen LogP contribution in [0.15, 0.2) is 12.7 Å². The van der Waals surface area contributed by atoms with Crippen molar-refractivity contribution in [2.24, 2.45) is 0 Å². The van der Waals surface area contributed by atoms with Crippen LogP contribution in [0, 0.1) is 0 Å². The Labute approximate surface area is 44.1 Å². The lowest BCUT2D eigenvalue weighted by atomic mass is 10.5. The van der Waals surface area contributed by atoms with Crippen LogP contribution in [-0.4, -0.2) is 11.7 Å². The van der Waals surface area contributed by atoms with Gasteiger partial charge in [0.15, 0.2) is 0 Å². The summed E-state index contributed by atoms with van der Waals surface area (Å²) in [5, 5.41) is 8.00. The van der Waals surface area contributed by atoms with Gasteiger partial charge in [0, 0.05) is 6.61 Å². The van der Waals surface area contributed by atoms with Crippen LogP contribution in [0.25, 0.3) is 0 Å². The first kappa shape index (κ1) is 9.37. The molecule has 0 heterocycles. The van der Waals surface area contributed by atoms with Gasteiger partial charge in [0.25, 0.3) is 0 Å². The largest absolute Gasteiger partial charge is 0.396 e. The van der Waals surface area contributed by atoms with E-state index in [2.05, 4.69) is 6.58 Å². The highest BCUT2D eigenvalue weighted by atomic mass is 35.5. The van der Waals surface area contributed by atoms with Crippen molar-refractivity contribution < 1.29 is 5.11 Å². The van der Waals surface area contributed by atoms with Crippen LogP contribution in [0.4, 0.5) is 0 Å². The van der Waals surface area contributed by atoms with Gasteiger partial charge in [0.1, 0.15) is 0 Å². The third-order valence-electron chi connectivity index (χ3n) is 0.333. The molecular formula is C4H9ClO. The van der Waals surface area contributed by atoms with Crippen LogP contribution in [0.1, 0.15) is 6.42 Å². The lowest BCUT2D eigenvalue weighted by molar-refractivity contribution is 0.303. The molecule has 0 aliphatic heterocycles. The molecule has 0 rings (SSSR count). The highest BCUT2D eigenvalue weighted by Crippen LogP contribution is 1.69. The summed E-state index contributed by atoms with van der Waals surface area (Å²) in [7, 11) is 0. The molecule has 0 aromatic rings. The van der Waals surface area contributed by atoms with E-state index in [9.17, 15) is 0 Å². The summed E-state index contributed by atoms with van der Waals surface area (Å²) >= 11 is 0. The molecule has 0 aliphatic carbocycles. The highest BCUT2D eigenvalue weighted by molar-refractivity contribution is 5.85. The van der Waals surface area contributed by atoms with Gasteiger partial charge in [0.05, 0.1) is 0 Å². The Morgan fingerprint density at radius 2 is 2.17 bits per heavy atom. The third-order valence-corrected chi connectivity index (χ3v) is 0.333. The molecule has 0 amide bonds. The van der Waals surface area contributed by atoms with Gasteiger partial charge in [-0.2, -0.15) is 0 Å². The second-order valence-corrected chi connectivity index (χ2v) is 0.801. The third kappa shape index (κ3) is 9.01. The normalized spacial score (nSPS) is 6.17. The zero-order chi connectivity index (χ0) is 4.12. The van der Waals surface area contributed by atoms with Crippen molar-refractivity contribution in [3.63, 3.8) is 0 Å². The van der Waals surface area contributed by atoms with E-state index in [1.807, 2.05) is 0 Å². The van der Waals surface area contributed by atoms with Crippen LogP contribution in [-0.2, 0) is 0 Å². The van der Waals surface area contributed by atoms with E-state index >= 15 is 0 Å². The van der Waals surface area contributed by atoms with Gasteiger partial charge in [0.2, 0.25) is 0 Å². The van der Waals surface area contributed by atoms with Gasteiger partial charge in [-0.15, -0.1) is 19.0 Å². The molecule has 0 radical (unpaired) electrons. The number of rotatable bonds is 2. The number of aliphatic hydroxyl groups is 1. The lowest BCUT2D eigenvalue weighted by Crippen LogP contribution is -1.71. The summed E-state index contributed by atoms with van der Waals surface area (Å²) in [5.74, 6) is 0. The molecule has 0 saturated carbocycles. The Morgan fingerprint density at radius 1 is 1.67 bits per heavy atom. The number of hydrogen-bond donors (Lipinski definition) is 1. The molecule has 0 aliphatic rings. The summed E-state index contributed by atoms with van der Waals surface area (Å²) < 4.78 is 0. The second-order valence-electron chi connectivity index (χ2n) is 0.801. The zero-order valence-corrected chi connectivity index (χ0v) is 4.37. The predicted molar refractivity (Wildman–Crippen MR) is 29.1 cm³/mol. The molecule has 0 aromatic heterocycles. The molecule has 6 heavy (non-hydrogen) atoms. The van der Waals surface area contributed by atoms with Crippen LogP contribution in [0.2, 0.25) is 0 Å². The molecular weight excluding hydrogens is 99.5 g/mol. The van der Waals surface area contributed by atoms with Crippen LogP contribution >= 0.6 is 12.4 Å². The fraction of sp³-hybridized carbons (Fsp3) is 0.500. The van der Waals surface area contributed by atoms with Gasteiger partial charge < -0.3 is 5.11 Å². The van der Waals surface area contributed by atoms with Crippen molar-refractivity contribution in [2.75, 3.05) is 6.61 Å². The van der Waals surface area contributed by atoms with E-state index in [4.69, 9.17) is 5.11 Å². The fourth-order valence-electron chi connectivity index (χ4n) is 0.0913. The van der Waals surface area contributed by atoms with Crippen molar-refractivity contribution in [3.05, 3.63) is 12.7 Å². The van der Waals surface area contributed by atoms with Crippen molar-refractivity contribution in [2.45, 2.75) is 6.42 Å². The highest BCUT2D eigenvalue weighted by Gasteiger charge is 1.62. The molecule has 0 spiro atoms.